The Hall–Kier alpha value is -3.69. The number of fused-ring (bicyclic) bond motifs is 3. The van der Waals surface area contributed by atoms with Crippen molar-refractivity contribution in [2.75, 3.05) is 0 Å². The fraction of sp³-hybridized carbons (Fsp3) is 0.0741. The first-order valence-electron chi connectivity index (χ1n) is 10.2. The zero-order valence-electron chi connectivity index (χ0n) is 16.7. The lowest BCUT2D eigenvalue weighted by atomic mass is 10.1. The van der Waals surface area contributed by atoms with E-state index in [-0.39, 0.29) is 0 Å². The van der Waals surface area contributed by atoms with Crippen LogP contribution in [0.5, 0.6) is 0 Å². The quantitative estimate of drug-likeness (QED) is 0.364. The average molecular weight is 390 g/mol. The van der Waals surface area contributed by atoms with Crippen LogP contribution in [0, 0.1) is 0 Å². The summed E-state index contributed by atoms with van der Waals surface area (Å²) in [5, 5.41) is 7.09. The van der Waals surface area contributed by atoms with Crippen molar-refractivity contribution in [2.45, 2.75) is 13.1 Å². The fourth-order valence-electron chi connectivity index (χ4n) is 3.76. The second-order valence-electron chi connectivity index (χ2n) is 7.49. The molecule has 0 aliphatic rings. The fourth-order valence-corrected chi connectivity index (χ4v) is 3.76. The maximum absolute atomic E-state index is 4.61. The van der Waals surface area contributed by atoms with E-state index in [0.29, 0.717) is 0 Å². The van der Waals surface area contributed by atoms with Crippen molar-refractivity contribution in [1.29, 1.82) is 0 Å². The van der Waals surface area contributed by atoms with Crippen LogP contribution in [0.15, 0.2) is 91.1 Å². The summed E-state index contributed by atoms with van der Waals surface area (Å²) >= 11 is 0. The lowest BCUT2D eigenvalue weighted by Gasteiger charge is -2.03. The van der Waals surface area contributed by atoms with E-state index < -0.39 is 0 Å². The molecule has 0 saturated heterocycles. The third-order valence-corrected chi connectivity index (χ3v) is 5.31. The van der Waals surface area contributed by atoms with Gasteiger partial charge in [-0.3, -0.25) is 4.98 Å². The molecule has 5 aromatic rings. The molecule has 0 spiro atoms. The van der Waals surface area contributed by atoms with E-state index >= 15 is 0 Å². The molecule has 146 valence electrons. The van der Waals surface area contributed by atoms with E-state index in [2.05, 4.69) is 88.1 Å². The molecule has 0 aliphatic carbocycles. The van der Waals surface area contributed by atoms with Gasteiger partial charge in [-0.15, -0.1) is 0 Å². The van der Waals surface area contributed by atoms with Crippen molar-refractivity contribution in [3.8, 4) is 0 Å². The average Bonchev–Trinajstić information content (AvgIpc) is 3.22. The summed E-state index contributed by atoms with van der Waals surface area (Å²) in [6.45, 7) is 1.66. The Kier molecular flexibility index (Phi) is 5.11. The smallest absolute Gasteiger partial charge is 0.0637 e. The van der Waals surface area contributed by atoms with Crippen molar-refractivity contribution in [1.82, 2.24) is 15.3 Å². The molecule has 0 radical (unpaired) electrons. The SMILES string of the molecule is C(=C\c1cc2c(ccc3cc(CNCc4ccccc4)[nH]c32)cn1)/c1ccccc1. The van der Waals surface area contributed by atoms with E-state index in [1.807, 2.05) is 30.5 Å². The van der Waals surface area contributed by atoms with E-state index in [1.54, 1.807) is 0 Å². The Balaban J connectivity index is 1.40. The first-order valence-corrected chi connectivity index (χ1v) is 10.2. The summed E-state index contributed by atoms with van der Waals surface area (Å²) in [6.07, 6.45) is 6.12. The highest BCUT2D eigenvalue weighted by molar-refractivity contribution is 6.06. The lowest BCUT2D eigenvalue weighted by molar-refractivity contribution is 0.684. The summed E-state index contributed by atoms with van der Waals surface area (Å²) in [4.78, 5) is 8.22. The van der Waals surface area contributed by atoms with Crippen LogP contribution in [0.25, 0.3) is 33.8 Å². The van der Waals surface area contributed by atoms with Gasteiger partial charge in [-0.2, -0.15) is 0 Å². The van der Waals surface area contributed by atoms with E-state index in [4.69, 9.17) is 0 Å². The highest BCUT2D eigenvalue weighted by atomic mass is 14.9. The molecular weight excluding hydrogens is 366 g/mol. The van der Waals surface area contributed by atoms with Gasteiger partial charge in [0.15, 0.2) is 0 Å². The molecular formula is C27H23N3. The summed E-state index contributed by atoms with van der Waals surface area (Å²) in [6, 6.07) is 29.5. The zero-order valence-corrected chi connectivity index (χ0v) is 16.7. The van der Waals surface area contributed by atoms with E-state index in [0.717, 1.165) is 24.2 Å². The van der Waals surface area contributed by atoms with Gasteiger partial charge >= 0.3 is 0 Å². The van der Waals surface area contributed by atoms with Crippen molar-refractivity contribution >= 4 is 33.8 Å². The predicted octanol–water partition coefficient (Wildman–Crippen LogP) is 6.18. The predicted molar refractivity (Wildman–Crippen MR) is 126 cm³/mol. The molecule has 3 heteroatoms. The molecule has 3 nitrogen and oxygen atoms in total. The van der Waals surface area contributed by atoms with Crippen LogP contribution < -0.4 is 5.32 Å². The van der Waals surface area contributed by atoms with Gasteiger partial charge in [-0.05, 0) is 29.3 Å². The van der Waals surface area contributed by atoms with Gasteiger partial charge in [0.25, 0.3) is 0 Å². The molecule has 30 heavy (non-hydrogen) atoms. The highest BCUT2D eigenvalue weighted by Gasteiger charge is 2.06. The van der Waals surface area contributed by atoms with Crippen molar-refractivity contribution < 1.29 is 0 Å². The number of aromatic amines is 1. The van der Waals surface area contributed by atoms with Crippen molar-refractivity contribution in [2.24, 2.45) is 0 Å². The number of hydrogen-bond donors (Lipinski definition) is 2. The summed E-state index contributed by atoms with van der Waals surface area (Å²) < 4.78 is 0. The Bertz CT molecular complexity index is 1300. The molecule has 2 heterocycles. The second kappa shape index (κ2) is 8.36. The lowest BCUT2D eigenvalue weighted by Crippen LogP contribution is -2.12. The molecule has 2 N–H and O–H groups in total. The normalized spacial score (nSPS) is 11.6. The van der Waals surface area contributed by atoms with Gasteiger partial charge in [0.05, 0.1) is 11.2 Å². The third kappa shape index (κ3) is 4.02. The van der Waals surface area contributed by atoms with Crippen LogP contribution >= 0.6 is 0 Å². The Morgan fingerprint density at radius 1 is 0.767 bits per heavy atom. The molecule has 0 fully saturated rings. The van der Waals surface area contributed by atoms with Gasteiger partial charge in [-0.1, -0.05) is 78.9 Å². The molecule has 0 unspecified atom stereocenters. The molecule has 0 amide bonds. The number of benzene rings is 3. The van der Waals surface area contributed by atoms with E-state index in [9.17, 15) is 0 Å². The minimum atomic E-state index is 0.802. The van der Waals surface area contributed by atoms with Crippen LogP contribution in [-0.2, 0) is 13.1 Å². The van der Waals surface area contributed by atoms with Crippen molar-refractivity contribution in [3.05, 3.63) is 114 Å². The highest BCUT2D eigenvalue weighted by Crippen LogP contribution is 2.26. The van der Waals surface area contributed by atoms with Crippen LogP contribution in [-0.4, -0.2) is 9.97 Å². The second-order valence-corrected chi connectivity index (χ2v) is 7.49. The monoisotopic (exact) mass is 389 g/mol. The number of hydrogen-bond acceptors (Lipinski definition) is 2. The van der Waals surface area contributed by atoms with Gasteiger partial charge < -0.3 is 10.3 Å². The topological polar surface area (TPSA) is 40.7 Å². The van der Waals surface area contributed by atoms with Gasteiger partial charge in [0.1, 0.15) is 0 Å². The molecule has 5 rings (SSSR count). The third-order valence-electron chi connectivity index (χ3n) is 5.31. The number of rotatable bonds is 6. The first-order chi connectivity index (χ1) is 14.8. The van der Waals surface area contributed by atoms with Crippen LogP contribution in [0.3, 0.4) is 0 Å². The summed E-state index contributed by atoms with van der Waals surface area (Å²) in [5.74, 6) is 0. The van der Waals surface area contributed by atoms with Crippen LogP contribution in [0.4, 0.5) is 0 Å². The zero-order chi connectivity index (χ0) is 20.2. The largest absolute Gasteiger partial charge is 0.357 e. The Morgan fingerprint density at radius 2 is 1.53 bits per heavy atom. The first kappa shape index (κ1) is 18.3. The maximum Gasteiger partial charge on any atom is 0.0637 e. The minimum Gasteiger partial charge on any atom is -0.357 e. The van der Waals surface area contributed by atoms with Gasteiger partial charge in [0.2, 0.25) is 0 Å². The van der Waals surface area contributed by atoms with E-state index in [1.165, 1.54) is 33.1 Å². The maximum atomic E-state index is 4.61. The summed E-state index contributed by atoms with van der Waals surface area (Å²) in [7, 11) is 0. The molecule has 3 aromatic carbocycles. The standard InChI is InChI=1S/C27H23N3/c1-3-7-20(8-4-1)11-14-24-16-26-23(18-29-24)13-12-22-15-25(30-27(22)26)19-28-17-21-9-5-2-6-10-21/h1-16,18,28,30H,17,19H2/b14-11+. The molecule has 0 bridgehead atoms. The molecule has 0 saturated carbocycles. The van der Waals surface area contributed by atoms with Crippen LogP contribution in [0.2, 0.25) is 0 Å². The van der Waals surface area contributed by atoms with Gasteiger partial charge in [0, 0.05) is 41.1 Å². The number of aromatic nitrogens is 2. The van der Waals surface area contributed by atoms with Crippen molar-refractivity contribution in [3.63, 3.8) is 0 Å². The minimum absolute atomic E-state index is 0.802. The summed E-state index contributed by atoms with van der Waals surface area (Å²) in [5.41, 5.74) is 5.77. The number of nitrogens with one attached hydrogen (secondary N) is 2. The number of H-pyrrole nitrogens is 1. The molecule has 0 aliphatic heterocycles. The number of pyridine rings is 1. The Morgan fingerprint density at radius 3 is 2.37 bits per heavy atom. The van der Waals surface area contributed by atoms with Gasteiger partial charge in [-0.25, -0.2) is 0 Å². The Labute approximate surface area is 176 Å². The molecule has 0 atom stereocenters. The molecule has 2 aromatic heterocycles. The number of nitrogens with zero attached hydrogens (tertiary/aromatic N) is 1. The van der Waals surface area contributed by atoms with Crippen LogP contribution in [0.1, 0.15) is 22.5 Å².